The summed E-state index contributed by atoms with van der Waals surface area (Å²) in [5.41, 5.74) is 1.23. The van der Waals surface area contributed by atoms with Crippen molar-refractivity contribution in [3.05, 3.63) is 92.4 Å². The molecule has 1 unspecified atom stereocenters. The smallest absolute Gasteiger partial charge is 0.290 e. The third kappa shape index (κ3) is 7.07. The lowest BCUT2D eigenvalue weighted by molar-refractivity contribution is -0.0311. The zero-order chi connectivity index (χ0) is 26.7. The van der Waals surface area contributed by atoms with Crippen molar-refractivity contribution in [1.82, 2.24) is 19.9 Å². The molecule has 4 rings (SSSR count). The lowest BCUT2D eigenvalue weighted by atomic mass is 10.1. The summed E-state index contributed by atoms with van der Waals surface area (Å²) in [4.78, 5) is 13.9. The Hall–Kier alpha value is -2.99. The van der Waals surface area contributed by atoms with Crippen LogP contribution in [-0.2, 0) is 5.92 Å². The van der Waals surface area contributed by atoms with Crippen molar-refractivity contribution >= 4 is 49.3 Å². The Kier molecular flexibility index (Phi) is 8.17. The summed E-state index contributed by atoms with van der Waals surface area (Å²) >= 11 is 6.60. The molecular weight excluding hydrogens is 620 g/mol. The van der Waals surface area contributed by atoms with Crippen LogP contribution < -0.4 is 10.6 Å². The van der Waals surface area contributed by atoms with Crippen molar-refractivity contribution in [2.45, 2.75) is 32.4 Å². The van der Waals surface area contributed by atoms with E-state index in [1.807, 2.05) is 19.9 Å². The number of halogens is 6. The highest BCUT2D eigenvalue weighted by Crippen LogP contribution is 2.33. The molecule has 3 aromatic rings. The van der Waals surface area contributed by atoms with Crippen molar-refractivity contribution in [3.63, 3.8) is 0 Å². The van der Waals surface area contributed by atoms with Gasteiger partial charge >= 0.3 is 0 Å². The largest absolute Gasteiger partial charge is 0.348 e. The second-order valence-electron chi connectivity index (χ2n) is 8.51. The van der Waals surface area contributed by atoms with Gasteiger partial charge in [-0.15, -0.1) is 0 Å². The Labute approximate surface area is 228 Å². The van der Waals surface area contributed by atoms with Crippen molar-refractivity contribution in [1.29, 1.82) is 0 Å². The fraction of sp³-hybridized carbons (Fsp3) is 0.240. The van der Waals surface area contributed by atoms with E-state index in [9.17, 15) is 8.78 Å². The first kappa shape index (κ1) is 27.1. The summed E-state index contributed by atoms with van der Waals surface area (Å²) in [6.45, 7) is 2.94. The van der Waals surface area contributed by atoms with Gasteiger partial charge in [-0.05, 0) is 105 Å². The predicted molar refractivity (Wildman–Crippen MR) is 142 cm³/mol. The number of aryl methyl sites for hydroxylation is 2. The van der Waals surface area contributed by atoms with Gasteiger partial charge < -0.3 is 15.5 Å². The molecule has 0 bridgehead atoms. The summed E-state index contributed by atoms with van der Waals surface area (Å²) in [7, 11) is 0. The van der Waals surface area contributed by atoms with Gasteiger partial charge in [-0.25, -0.2) is 23.7 Å². The molecule has 0 radical (unpaired) electrons. The van der Waals surface area contributed by atoms with Gasteiger partial charge in [-0.3, -0.25) is 0 Å². The van der Waals surface area contributed by atoms with Gasteiger partial charge in [0.15, 0.2) is 0 Å². The lowest BCUT2D eigenvalue weighted by Gasteiger charge is -2.35. The second kappa shape index (κ2) is 11.2. The number of pyridine rings is 3. The van der Waals surface area contributed by atoms with Gasteiger partial charge in [0, 0.05) is 23.5 Å². The molecule has 0 amide bonds. The number of hydrogen-bond acceptors (Lipinski definition) is 6. The molecule has 0 saturated heterocycles. The minimum absolute atomic E-state index is 0.194. The first-order valence-corrected chi connectivity index (χ1v) is 12.7. The van der Waals surface area contributed by atoms with Gasteiger partial charge in [0.2, 0.25) is 0 Å². The fourth-order valence-electron chi connectivity index (χ4n) is 3.75. The van der Waals surface area contributed by atoms with E-state index in [1.54, 1.807) is 18.2 Å². The molecule has 37 heavy (non-hydrogen) atoms. The van der Waals surface area contributed by atoms with Crippen LogP contribution in [0.25, 0.3) is 0 Å². The van der Waals surface area contributed by atoms with Crippen molar-refractivity contribution in [3.8, 4) is 0 Å². The van der Waals surface area contributed by atoms with Crippen LogP contribution in [-0.4, -0.2) is 39.0 Å². The van der Waals surface area contributed by atoms with Crippen LogP contribution in [0.2, 0.25) is 0 Å². The zero-order valence-electron chi connectivity index (χ0n) is 19.7. The van der Waals surface area contributed by atoms with Crippen LogP contribution in [0.3, 0.4) is 0 Å². The molecular formula is C25H22Br2F4N6. The molecule has 0 aromatic carbocycles. The minimum atomic E-state index is -3.35. The average Bonchev–Trinajstić information content (AvgIpc) is 2.79. The van der Waals surface area contributed by atoms with Gasteiger partial charge in [0.25, 0.3) is 12.3 Å². The van der Waals surface area contributed by atoms with E-state index in [-0.39, 0.29) is 17.0 Å². The number of alkyl halides is 4. The maximum atomic E-state index is 15.5. The molecule has 3 aromatic heterocycles. The maximum absolute atomic E-state index is 15.5. The van der Waals surface area contributed by atoms with Crippen molar-refractivity contribution in [2.75, 3.05) is 17.2 Å². The number of allylic oxidation sites excluding steroid dienone is 2. The SMILES string of the molecule is Cc1cc(Br)nc(Nc2cc(C(F)(F)CN3C=CC(C(F)F)=CC3Nc3cc(C)cc(Br)n3)ccn2)c1. The third-order valence-corrected chi connectivity index (χ3v) is 6.22. The van der Waals surface area contributed by atoms with E-state index in [4.69, 9.17) is 0 Å². The van der Waals surface area contributed by atoms with E-state index >= 15 is 8.78 Å². The number of anilines is 3. The van der Waals surface area contributed by atoms with E-state index in [0.717, 1.165) is 17.2 Å². The summed E-state index contributed by atoms with van der Waals surface area (Å²) in [6.07, 6.45) is 1.16. The van der Waals surface area contributed by atoms with Gasteiger partial charge in [-0.1, -0.05) is 0 Å². The molecule has 0 fully saturated rings. The highest BCUT2D eigenvalue weighted by atomic mass is 79.9. The second-order valence-corrected chi connectivity index (χ2v) is 10.1. The Morgan fingerprint density at radius 1 is 0.973 bits per heavy atom. The summed E-state index contributed by atoms with van der Waals surface area (Å²) in [5.74, 6) is -2.34. The summed E-state index contributed by atoms with van der Waals surface area (Å²) in [5, 5.41) is 5.92. The van der Waals surface area contributed by atoms with Crippen LogP contribution in [0.1, 0.15) is 16.7 Å². The third-order valence-electron chi connectivity index (χ3n) is 5.41. The van der Waals surface area contributed by atoms with Crippen LogP contribution >= 0.6 is 31.9 Å². The molecule has 2 N–H and O–H groups in total. The highest BCUT2D eigenvalue weighted by Gasteiger charge is 2.36. The number of rotatable bonds is 8. The van der Waals surface area contributed by atoms with Gasteiger partial charge in [-0.2, -0.15) is 8.78 Å². The zero-order valence-corrected chi connectivity index (χ0v) is 22.9. The molecule has 0 spiro atoms. The molecule has 0 saturated carbocycles. The number of nitrogens with zero attached hydrogens (tertiary/aromatic N) is 4. The molecule has 1 atom stereocenters. The van der Waals surface area contributed by atoms with Gasteiger partial charge in [0.1, 0.15) is 32.8 Å². The van der Waals surface area contributed by atoms with Crippen LogP contribution in [0, 0.1) is 13.8 Å². The molecule has 1 aliphatic rings. The quantitative estimate of drug-likeness (QED) is 0.199. The van der Waals surface area contributed by atoms with Crippen molar-refractivity contribution in [2.24, 2.45) is 0 Å². The summed E-state index contributed by atoms with van der Waals surface area (Å²) < 4.78 is 59.0. The number of hydrogen-bond donors (Lipinski definition) is 2. The Bertz CT molecular complexity index is 1310. The molecule has 12 heteroatoms. The number of aromatic nitrogens is 3. The first-order chi connectivity index (χ1) is 17.5. The molecule has 4 heterocycles. The molecule has 0 aliphatic carbocycles. The van der Waals surface area contributed by atoms with Crippen LogP contribution in [0.5, 0.6) is 0 Å². The van der Waals surface area contributed by atoms with Crippen molar-refractivity contribution < 1.29 is 17.6 Å². The molecule has 194 valence electrons. The topological polar surface area (TPSA) is 66.0 Å². The van der Waals surface area contributed by atoms with E-state index < -0.39 is 25.1 Å². The Morgan fingerprint density at radius 3 is 2.27 bits per heavy atom. The Balaban J connectivity index is 1.57. The fourth-order valence-corrected chi connectivity index (χ4v) is 4.85. The normalized spacial score (nSPS) is 15.6. The predicted octanol–water partition coefficient (Wildman–Crippen LogP) is 7.31. The van der Waals surface area contributed by atoms with Gasteiger partial charge in [0.05, 0.1) is 6.54 Å². The minimum Gasteiger partial charge on any atom is -0.348 e. The monoisotopic (exact) mass is 640 g/mol. The first-order valence-electron chi connectivity index (χ1n) is 11.1. The van der Waals surface area contributed by atoms with Crippen LogP contribution in [0.4, 0.5) is 35.0 Å². The average molecular weight is 642 g/mol. The van der Waals surface area contributed by atoms with Crippen LogP contribution in [0.15, 0.2) is 75.7 Å². The lowest BCUT2D eigenvalue weighted by Crippen LogP contribution is -2.43. The Morgan fingerprint density at radius 2 is 1.62 bits per heavy atom. The van der Waals surface area contributed by atoms with E-state index in [2.05, 4.69) is 57.4 Å². The highest BCUT2D eigenvalue weighted by molar-refractivity contribution is 9.10. The molecule has 6 nitrogen and oxygen atoms in total. The van der Waals surface area contributed by atoms with E-state index in [1.165, 1.54) is 35.5 Å². The summed E-state index contributed by atoms with van der Waals surface area (Å²) in [6, 6.07) is 9.52. The number of nitrogens with one attached hydrogen (secondary N) is 2. The standard InChI is InChI=1S/C25H22Br2F4N6/c1-14-7-18(26)33-21(9-14)35-20-12-17(3-5-32-20)25(30,31)13-37-6-4-16(24(28)29)11-23(37)36-22-10-15(2)8-19(27)34-22/h3-12,23-24H,13H2,1-2H3,(H,34,36)(H,32,33,35). The van der Waals surface area contributed by atoms with E-state index in [0.29, 0.717) is 20.8 Å². The molecule has 1 aliphatic heterocycles. The maximum Gasteiger partial charge on any atom is 0.290 e.